The van der Waals surface area contributed by atoms with E-state index in [2.05, 4.69) is 5.32 Å². The molecule has 0 aromatic heterocycles. The van der Waals surface area contributed by atoms with E-state index in [0.29, 0.717) is 16.7 Å². The molecule has 0 saturated carbocycles. The number of carbonyl (C=O) groups is 3. The molecule has 3 rings (SSSR count). The van der Waals surface area contributed by atoms with Gasteiger partial charge in [0.15, 0.2) is 5.78 Å². The summed E-state index contributed by atoms with van der Waals surface area (Å²) in [5.41, 5.74) is 2.54. The molecule has 3 N–H and O–H groups in total. The molecule has 7 heteroatoms. The largest absolute Gasteiger partial charge is 0.506 e. The fourth-order valence-electron chi connectivity index (χ4n) is 3.41. The van der Waals surface area contributed by atoms with Gasteiger partial charge in [-0.25, -0.2) is 4.39 Å². The van der Waals surface area contributed by atoms with E-state index in [0.717, 1.165) is 11.1 Å². The molecule has 1 aliphatic carbocycles. The highest BCUT2D eigenvalue weighted by Crippen LogP contribution is 2.40. The second-order valence-electron chi connectivity index (χ2n) is 6.60. The van der Waals surface area contributed by atoms with Crippen LogP contribution in [-0.2, 0) is 14.4 Å². The number of aliphatic hydroxyl groups excluding tert-OH is 1. The Labute approximate surface area is 160 Å². The highest BCUT2D eigenvalue weighted by atomic mass is 19.1. The number of carboxylic acids is 1. The summed E-state index contributed by atoms with van der Waals surface area (Å²) in [5.74, 6) is -4.32. The van der Waals surface area contributed by atoms with Crippen LogP contribution in [0.1, 0.15) is 29.5 Å². The highest BCUT2D eigenvalue weighted by molar-refractivity contribution is 6.27. The van der Waals surface area contributed by atoms with Crippen molar-refractivity contribution in [2.75, 3.05) is 6.54 Å². The number of nitrogens with one attached hydrogen (secondary N) is 1. The predicted octanol–water partition coefficient (Wildman–Crippen LogP) is 2.96. The van der Waals surface area contributed by atoms with Gasteiger partial charge in [-0.1, -0.05) is 31.2 Å². The first-order chi connectivity index (χ1) is 13.2. The second kappa shape index (κ2) is 7.26. The van der Waals surface area contributed by atoms with E-state index in [-0.39, 0.29) is 5.82 Å². The van der Waals surface area contributed by atoms with Crippen LogP contribution in [0.25, 0.3) is 16.9 Å². The molecule has 0 fully saturated rings. The van der Waals surface area contributed by atoms with E-state index in [1.54, 1.807) is 38.1 Å². The summed E-state index contributed by atoms with van der Waals surface area (Å²) in [4.78, 5) is 35.6. The van der Waals surface area contributed by atoms with Crippen LogP contribution in [0.4, 0.5) is 4.39 Å². The number of ketones is 1. The van der Waals surface area contributed by atoms with Crippen LogP contribution < -0.4 is 5.32 Å². The van der Waals surface area contributed by atoms with E-state index in [1.807, 2.05) is 0 Å². The molecule has 1 amide bonds. The maximum absolute atomic E-state index is 13.2. The van der Waals surface area contributed by atoms with Crippen molar-refractivity contribution in [3.8, 4) is 11.1 Å². The minimum absolute atomic E-state index is 0.356. The third-order valence-corrected chi connectivity index (χ3v) is 4.86. The van der Waals surface area contributed by atoms with Crippen LogP contribution >= 0.6 is 0 Å². The Morgan fingerprint density at radius 3 is 2.39 bits per heavy atom. The van der Waals surface area contributed by atoms with Crippen molar-refractivity contribution in [2.45, 2.75) is 19.8 Å². The van der Waals surface area contributed by atoms with Crippen molar-refractivity contribution < 1.29 is 29.0 Å². The molecule has 6 nitrogen and oxygen atoms in total. The Morgan fingerprint density at radius 1 is 1.14 bits per heavy atom. The third-order valence-electron chi connectivity index (χ3n) is 4.86. The molecule has 2 aromatic rings. The predicted molar refractivity (Wildman–Crippen MR) is 100 cm³/mol. The highest BCUT2D eigenvalue weighted by Gasteiger charge is 2.36. The first-order valence-corrected chi connectivity index (χ1v) is 8.59. The van der Waals surface area contributed by atoms with Gasteiger partial charge in [-0.3, -0.25) is 14.4 Å². The normalized spacial score (nSPS) is 16.0. The van der Waals surface area contributed by atoms with Crippen molar-refractivity contribution in [2.24, 2.45) is 0 Å². The summed E-state index contributed by atoms with van der Waals surface area (Å²) < 4.78 is 13.2. The smallest absolute Gasteiger partial charge is 0.322 e. The number of halogens is 1. The van der Waals surface area contributed by atoms with Gasteiger partial charge in [-0.05, 0) is 41.3 Å². The van der Waals surface area contributed by atoms with Gasteiger partial charge in [-0.2, -0.15) is 0 Å². The monoisotopic (exact) mass is 383 g/mol. The zero-order valence-electron chi connectivity index (χ0n) is 15.2. The second-order valence-corrected chi connectivity index (χ2v) is 6.60. The number of benzene rings is 2. The molecule has 0 saturated heterocycles. The van der Waals surface area contributed by atoms with Crippen molar-refractivity contribution >= 4 is 23.4 Å². The van der Waals surface area contributed by atoms with Crippen molar-refractivity contribution in [3.63, 3.8) is 0 Å². The van der Waals surface area contributed by atoms with Crippen LogP contribution in [0.5, 0.6) is 0 Å². The van der Waals surface area contributed by atoms with E-state index in [4.69, 9.17) is 5.11 Å². The van der Waals surface area contributed by atoms with E-state index >= 15 is 0 Å². The summed E-state index contributed by atoms with van der Waals surface area (Å²) in [6, 6.07) is 9.33. The first kappa shape index (κ1) is 19.3. The molecule has 0 aliphatic heterocycles. The molecule has 1 aliphatic rings. The molecule has 0 heterocycles. The zero-order chi connectivity index (χ0) is 20.6. The van der Waals surface area contributed by atoms with Crippen molar-refractivity contribution in [1.82, 2.24) is 5.32 Å². The summed E-state index contributed by atoms with van der Waals surface area (Å²) in [7, 11) is 0. The van der Waals surface area contributed by atoms with E-state index in [1.165, 1.54) is 12.1 Å². The number of rotatable bonds is 4. The van der Waals surface area contributed by atoms with Crippen molar-refractivity contribution in [1.29, 1.82) is 0 Å². The van der Waals surface area contributed by atoms with Crippen LogP contribution in [-0.4, -0.2) is 34.4 Å². The molecular weight excluding hydrogens is 365 g/mol. The van der Waals surface area contributed by atoms with Gasteiger partial charge < -0.3 is 15.5 Å². The molecule has 0 spiro atoms. The average molecular weight is 383 g/mol. The number of Topliss-reactive ketones (excluding diaryl/α,β-unsaturated/α-hetero) is 1. The first-order valence-electron chi connectivity index (χ1n) is 8.59. The number of aliphatic hydroxyl groups is 1. The lowest BCUT2D eigenvalue weighted by molar-refractivity contribution is -0.137. The number of carboxylic acid groups (broad SMARTS) is 1. The number of fused-ring (bicyclic) bond motifs is 1. The lowest BCUT2D eigenvalue weighted by atomic mass is 9.78. The summed E-state index contributed by atoms with van der Waals surface area (Å²) >= 11 is 0. The minimum atomic E-state index is -1.26. The molecule has 1 atom stereocenters. The number of hydrogen-bond acceptors (Lipinski definition) is 4. The van der Waals surface area contributed by atoms with E-state index in [9.17, 15) is 23.9 Å². The Hall–Kier alpha value is -3.48. The molecule has 2 aromatic carbocycles. The summed E-state index contributed by atoms with van der Waals surface area (Å²) in [6.07, 6.45) is 0. The topological polar surface area (TPSA) is 104 Å². The Kier molecular flexibility index (Phi) is 5.00. The third kappa shape index (κ3) is 3.26. The molecule has 1 unspecified atom stereocenters. The quantitative estimate of drug-likeness (QED) is 0.705. The maximum Gasteiger partial charge on any atom is 0.322 e. The van der Waals surface area contributed by atoms with Gasteiger partial charge in [-0.15, -0.1) is 0 Å². The summed E-state index contributed by atoms with van der Waals surface area (Å²) in [5, 5.41) is 21.6. The Balaban J connectivity index is 2.15. The van der Waals surface area contributed by atoms with E-state index < -0.39 is 41.5 Å². The van der Waals surface area contributed by atoms with Crippen LogP contribution in [0.15, 0.2) is 42.0 Å². The number of hydrogen-bond donors (Lipinski definition) is 3. The maximum atomic E-state index is 13.2. The van der Waals surface area contributed by atoms with Gasteiger partial charge in [0, 0.05) is 11.5 Å². The fourth-order valence-corrected chi connectivity index (χ4v) is 3.41. The van der Waals surface area contributed by atoms with Gasteiger partial charge in [0.25, 0.3) is 5.91 Å². The summed E-state index contributed by atoms with van der Waals surface area (Å²) in [6.45, 7) is 2.69. The van der Waals surface area contributed by atoms with Crippen LogP contribution in [0.2, 0.25) is 0 Å². The average Bonchev–Trinajstić information content (AvgIpc) is 2.65. The number of carbonyl (C=O) groups excluding carboxylic acids is 2. The van der Waals surface area contributed by atoms with Crippen LogP contribution in [0.3, 0.4) is 0 Å². The molecule has 0 bridgehead atoms. The van der Waals surface area contributed by atoms with Gasteiger partial charge in [0.05, 0.1) is 0 Å². The lowest BCUT2D eigenvalue weighted by Gasteiger charge is -2.26. The zero-order valence-corrected chi connectivity index (χ0v) is 15.2. The van der Waals surface area contributed by atoms with Gasteiger partial charge in [0.2, 0.25) is 0 Å². The van der Waals surface area contributed by atoms with Gasteiger partial charge >= 0.3 is 5.97 Å². The Morgan fingerprint density at radius 2 is 1.79 bits per heavy atom. The molecule has 144 valence electrons. The fraction of sp³-hybridized carbons (Fsp3) is 0.190. The van der Waals surface area contributed by atoms with Gasteiger partial charge in [0.1, 0.15) is 23.7 Å². The minimum Gasteiger partial charge on any atom is -0.506 e. The van der Waals surface area contributed by atoms with Crippen molar-refractivity contribution in [3.05, 3.63) is 64.5 Å². The molecular formula is C21H18FNO5. The Bertz CT molecular complexity index is 1020. The molecule has 0 radical (unpaired) electrons. The standard InChI is InChI=1S/C21H18FNO5/c1-10-14(12-3-5-13(22)6-4-12)7-8-15-11(2)19(26)18(20(27)17(10)15)21(28)23-9-16(24)25/h3-8,11,27H,9H2,1-2H3,(H,23,28)(H,24,25). The number of amides is 1. The molecule has 28 heavy (non-hydrogen) atoms. The number of aliphatic carboxylic acids is 1. The SMILES string of the molecule is Cc1c(-c2ccc(F)cc2)ccc2c1C(O)=C(C(=O)NCC(=O)O)C(=O)C2C. The lowest BCUT2D eigenvalue weighted by Crippen LogP contribution is -2.36. The van der Waals surface area contributed by atoms with Crippen LogP contribution in [0, 0.1) is 12.7 Å².